The zero-order valence-corrected chi connectivity index (χ0v) is 21.7. The van der Waals surface area contributed by atoms with Crippen LogP contribution in [0, 0.1) is 0 Å². The highest BCUT2D eigenvalue weighted by atomic mass is 35.5. The summed E-state index contributed by atoms with van der Waals surface area (Å²) in [5, 5.41) is 3.68. The van der Waals surface area contributed by atoms with Crippen molar-refractivity contribution in [2.75, 3.05) is 11.9 Å². The van der Waals surface area contributed by atoms with E-state index < -0.39 is 5.91 Å². The van der Waals surface area contributed by atoms with Crippen LogP contribution >= 0.6 is 23.2 Å². The number of nitrogens with one attached hydrogen (secondary N) is 1. The molecule has 0 unspecified atom stereocenters. The van der Waals surface area contributed by atoms with Crippen LogP contribution in [-0.2, 0) is 4.79 Å². The Hall–Kier alpha value is -4.59. The Balaban J connectivity index is 1.28. The Morgan fingerprint density at radius 3 is 2.41 bits per heavy atom. The first-order chi connectivity index (χ1) is 18.9. The van der Waals surface area contributed by atoms with Crippen molar-refractivity contribution in [2.45, 2.75) is 0 Å². The van der Waals surface area contributed by atoms with Crippen molar-refractivity contribution in [3.8, 4) is 17.2 Å². The molecule has 0 bridgehead atoms. The Morgan fingerprint density at radius 1 is 0.846 bits per heavy atom. The molecule has 0 spiro atoms. The molecule has 0 aliphatic heterocycles. The fourth-order valence-electron chi connectivity index (χ4n) is 3.79. The maximum absolute atomic E-state index is 13.0. The summed E-state index contributed by atoms with van der Waals surface area (Å²) in [5.74, 6) is -0.169. The molecule has 1 heterocycles. The molecule has 0 aliphatic rings. The van der Waals surface area contributed by atoms with Crippen molar-refractivity contribution >= 4 is 51.5 Å². The summed E-state index contributed by atoms with van der Waals surface area (Å²) in [7, 11) is 0. The molecule has 1 aromatic heterocycles. The van der Waals surface area contributed by atoms with E-state index in [4.69, 9.17) is 37.1 Å². The predicted molar refractivity (Wildman–Crippen MR) is 149 cm³/mol. The molecule has 39 heavy (non-hydrogen) atoms. The summed E-state index contributed by atoms with van der Waals surface area (Å²) in [5.41, 5.74) is 0.878. The average molecular weight is 560 g/mol. The second kappa shape index (κ2) is 11.4. The van der Waals surface area contributed by atoms with Gasteiger partial charge in [-0.15, -0.1) is 0 Å². The number of carbonyl (C=O) groups is 2. The number of rotatable bonds is 8. The zero-order chi connectivity index (χ0) is 27.4. The van der Waals surface area contributed by atoms with Gasteiger partial charge in [0.25, 0.3) is 5.91 Å². The number of fused-ring (bicyclic) bond motifs is 1. The van der Waals surface area contributed by atoms with E-state index in [1.54, 1.807) is 72.8 Å². The number of ketones is 1. The van der Waals surface area contributed by atoms with Crippen LogP contribution in [0.4, 0.5) is 5.69 Å². The molecule has 194 valence electrons. The SMILES string of the molecule is O=C(COc1ccc2c(=O)c(Oc3ccccc3Cl)coc2c1)Nc1ccc(Cl)cc1C(=O)c1ccccc1. The normalized spacial score (nSPS) is 10.7. The van der Waals surface area contributed by atoms with Gasteiger partial charge in [-0.2, -0.15) is 0 Å². The van der Waals surface area contributed by atoms with Gasteiger partial charge in [0.1, 0.15) is 23.3 Å². The van der Waals surface area contributed by atoms with Gasteiger partial charge in [0.05, 0.1) is 16.1 Å². The van der Waals surface area contributed by atoms with Crippen LogP contribution in [0.3, 0.4) is 0 Å². The lowest BCUT2D eigenvalue weighted by Crippen LogP contribution is -2.21. The molecule has 5 aromatic rings. The third kappa shape index (κ3) is 5.95. The minimum atomic E-state index is -0.496. The molecule has 1 N–H and O–H groups in total. The third-order valence-electron chi connectivity index (χ3n) is 5.68. The second-order valence-electron chi connectivity index (χ2n) is 8.34. The number of hydrogen-bond acceptors (Lipinski definition) is 6. The van der Waals surface area contributed by atoms with Crippen LogP contribution in [0.1, 0.15) is 15.9 Å². The maximum Gasteiger partial charge on any atom is 0.262 e. The minimum absolute atomic E-state index is 0.0209. The van der Waals surface area contributed by atoms with E-state index in [-0.39, 0.29) is 40.1 Å². The minimum Gasteiger partial charge on any atom is -0.484 e. The fraction of sp³-hybridized carbons (Fsp3) is 0.0333. The summed E-state index contributed by atoms with van der Waals surface area (Å²) in [6.07, 6.45) is 1.19. The monoisotopic (exact) mass is 559 g/mol. The molecule has 0 radical (unpaired) electrons. The van der Waals surface area contributed by atoms with Gasteiger partial charge in [0.15, 0.2) is 12.4 Å². The standard InChI is InChI=1S/C30H19Cl2NO6/c31-19-10-13-24(22(14-19)29(35)18-6-2-1-3-7-18)33-28(34)17-37-20-11-12-21-26(15-20)38-16-27(30(21)36)39-25-9-5-4-8-23(25)32/h1-16H,17H2,(H,33,34). The lowest BCUT2D eigenvalue weighted by molar-refractivity contribution is -0.118. The van der Waals surface area contributed by atoms with Gasteiger partial charge in [0.2, 0.25) is 11.2 Å². The number of carbonyl (C=O) groups excluding carboxylic acids is 2. The predicted octanol–water partition coefficient (Wildman–Crippen LogP) is 7.14. The highest BCUT2D eigenvalue weighted by Gasteiger charge is 2.17. The van der Waals surface area contributed by atoms with Gasteiger partial charge >= 0.3 is 0 Å². The van der Waals surface area contributed by atoms with Gasteiger partial charge in [-0.1, -0.05) is 65.7 Å². The van der Waals surface area contributed by atoms with Crippen LogP contribution in [0.15, 0.2) is 106 Å². The molecule has 1 amide bonds. The Morgan fingerprint density at radius 2 is 1.62 bits per heavy atom. The molecule has 5 rings (SSSR count). The van der Waals surface area contributed by atoms with E-state index in [1.165, 1.54) is 24.5 Å². The molecule has 0 saturated heterocycles. The largest absolute Gasteiger partial charge is 0.484 e. The molecule has 0 fully saturated rings. The molecular formula is C30H19Cl2NO6. The van der Waals surface area contributed by atoms with Crippen LogP contribution in [-0.4, -0.2) is 18.3 Å². The van der Waals surface area contributed by atoms with Crippen LogP contribution in [0.5, 0.6) is 17.2 Å². The molecule has 7 nitrogen and oxygen atoms in total. The quantitative estimate of drug-likeness (QED) is 0.203. The van der Waals surface area contributed by atoms with Crippen molar-refractivity contribution in [1.82, 2.24) is 0 Å². The van der Waals surface area contributed by atoms with E-state index in [2.05, 4.69) is 5.32 Å². The molecule has 9 heteroatoms. The van der Waals surface area contributed by atoms with E-state index in [0.29, 0.717) is 32.8 Å². The number of halogens is 2. The van der Waals surface area contributed by atoms with Gasteiger partial charge in [-0.25, -0.2) is 0 Å². The highest BCUT2D eigenvalue weighted by Crippen LogP contribution is 2.29. The van der Waals surface area contributed by atoms with E-state index in [9.17, 15) is 14.4 Å². The van der Waals surface area contributed by atoms with Gasteiger partial charge in [0, 0.05) is 22.2 Å². The molecular weight excluding hydrogens is 541 g/mol. The first kappa shape index (κ1) is 26.0. The van der Waals surface area contributed by atoms with Crippen molar-refractivity contribution in [2.24, 2.45) is 0 Å². The summed E-state index contributed by atoms with van der Waals surface area (Å²) in [4.78, 5) is 38.5. The first-order valence-electron chi connectivity index (χ1n) is 11.7. The van der Waals surface area contributed by atoms with Crippen LogP contribution in [0.2, 0.25) is 10.0 Å². The second-order valence-corrected chi connectivity index (χ2v) is 9.19. The molecule has 4 aromatic carbocycles. The van der Waals surface area contributed by atoms with Gasteiger partial charge in [-0.3, -0.25) is 14.4 Å². The zero-order valence-electron chi connectivity index (χ0n) is 20.2. The van der Waals surface area contributed by atoms with Crippen molar-refractivity contribution < 1.29 is 23.5 Å². The Labute approximate surface area is 232 Å². The lowest BCUT2D eigenvalue weighted by atomic mass is 10.0. The Kier molecular flexibility index (Phi) is 7.63. The van der Waals surface area contributed by atoms with Crippen molar-refractivity contribution in [3.05, 3.63) is 129 Å². The fourth-order valence-corrected chi connectivity index (χ4v) is 4.14. The topological polar surface area (TPSA) is 94.8 Å². The number of amides is 1. The number of ether oxygens (including phenoxy) is 2. The molecule has 0 atom stereocenters. The third-order valence-corrected chi connectivity index (χ3v) is 6.22. The maximum atomic E-state index is 13.0. The van der Waals surface area contributed by atoms with E-state index in [0.717, 1.165) is 0 Å². The number of para-hydroxylation sites is 1. The summed E-state index contributed by atoms with van der Waals surface area (Å²) in [6, 6.07) is 24.6. The molecule has 0 saturated carbocycles. The van der Waals surface area contributed by atoms with Crippen LogP contribution < -0.4 is 20.2 Å². The summed E-state index contributed by atoms with van der Waals surface area (Å²) >= 11 is 12.2. The van der Waals surface area contributed by atoms with Crippen molar-refractivity contribution in [1.29, 1.82) is 0 Å². The smallest absolute Gasteiger partial charge is 0.262 e. The lowest BCUT2D eigenvalue weighted by Gasteiger charge is -2.12. The summed E-state index contributed by atoms with van der Waals surface area (Å²) < 4.78 is 16.8. The van der Waals surface area contributed by atoms with Gasteiger partial charge in [-0.05, 0) is 42.5 Å². The number of benzene rings is 4. The van der Waals surface area contributed by atoms with Crippen LogP contribution in [0.25, 0.3) is 11.0 Å². The molecule has 0 aliphatic carbocycles. The number of hydrogen-bond donors (Lipinski definition) is 1. The Bertz CT molecular complexity index is 1750. The van der Waals surface area contributed by atoms with E-state index >= 15 is 0 Å². The van der Waals surface area contributed by atoms with E-state index in [1.807, 2.05) is 0 Å². The number of anilines is 1. The highest BCUT2D eigenvalue weighted by molar-refractivity contribution is 6.32. The van der Waals surface area contributed by atoms with Gasteiger partial charge < -0.3 is 19.2 Å². The summed E-state index contributed by atoms with van der Waals surface area (Å²) in [6.45, 7) is -0.356. The average Bonchev–Trinajstić information content (AvgIpc) is 2.95. The first-order valence-corrected chi connectivity index (χ1v) is 12.4. The van der Waals surface area contributed by atoms with Crippen molar-refractivity contribution in [3.63, 3.8) is 0 Å².